The van der Waals surface area contributed by atoms with E-state index in [0.717, 1.165) is 37.2 Å². The number of benzene rings is 1. The highest BCUT2D eigenvalue weighted by Crippen LogP contribution is 2.26. The molecule has 0 radical (unpaired) electrons. The summed E-state index contributed by atoms with van der Waals surface area (Å²) in [4.78, 5) is 16.4. The molecule has 3 rings (SSSR count). The molecule has 1 aliphatic rings. The van der Waals surface area contributed by atoms with Crippen LogP contribution in [0.1, 0.15) is 41.0 Å². The Hall–Kier alpha value is -1.85. The van der Waals surface area contributed by atoms with Crippen LogP contribution in [0, 0.1) is 0 Å². The summed E-state index contributed by atoms with van der Waals surface area (Å²) in [7, 11) is 0. The molecule has 1 aromatic heterocycles. The Bertz CT molecular complexity index is 651. The molecule has 0 saturated carbocycles. The van der Waals surface area contributed by atoms with Crippen LogP contribution in [0.2, 0.25) is 0 Å². The lowest BCUT2D eigenvalue weighted by Crippen LogP contribution is -2.38. The van der Waals surface area contributed by atoms with E-state index in [9.17, 15) is 4.79 Å². The van der Waals surface area contributed by atoms with Crippen molar-refractivity contribution in [1.29, 1.82) is 0 Å². The first-order chi connectivity index (χ1) is 11.8. The van der Waals surface area contributed by atoms with Crippen LogP contribution in [0.3, 0.4) is 0 Å². The van der Waals surface area contributed by atoms with E-state index in [4.69, 9.17) is 4.74 Å². The summed E-state index contributed by atoms with van der Waals surface area (Å²) in [6, 6.07) is 12.1. The highest BCUT2D eigenvalue weighted by atomic mass is 32.1. The molecule has 1 N–H and O–H groups in total. The molecule has 5 heteroatoms. The molecule has 128 valence electrons. The molecular formula is C19H24N2O2S. The maximum atomic E-state index is 12.9. The SMILES string of the molecule is CCCC(NC(=O)c1ccccc1N1CCOCC1)c1cccs1. The summed E-state index contributed by atoms with van der Waals surface area (Å²) >= 11 is 1.70. The van der Waals surface area contributed by atoms with Crippen LogP contribution in [0.15, 0.2) is 41.8 Å². The van der Waals surface area contributed by atoms with Gasteiger partial charge in [-0.25, -0.2) is 0 Å². The second kappa shape index (κ2) is 8.31. The van der Waals surface area contributed by atoms with E-state index in [1.165, 1.54) is 4.88 Å². The van der Waals surface area contributed by atoms with Crippen molar-refractivity contribution < 1.29 is 9.53 Å². The van der Waals surface area contributed by atoms with Crippen molar-refractivity contribution in [3.8, 4) is 0 Å². The molecule has 0 bridgehead atoms. The second-order valence-electron chi connectivity index (χ2n) is 5.95. The fourth-order valence-corrected chi connectivity index (χ4v) is 3.86. The predicted octanol–water partition coefficient (Wildman–Crippen LogP) is 3.86. The lowest BCUT2D eigenvalue weighted by atomic mass is 10.1. The molecule has 2 aromatic rings. The van der Waals surface area contributed by atoms with E-state index in [1.54, 1.807) is 11.3 Å². The van der Waals surface area contributed by atoms with E-state index < -0.39 is 0 Å². The van der Waals surface area contributed by atoms with Gasteiger partial charge in [-0.15, -0.1) is 11.3 Å². The van der Waals surface area contributed by atoms with Crippen molar-refractivity contribution in [2.75, 3.05) is 31.2 Å². The van der Waals surface area contributed by atoms with Crippen LogP contribution in [0.4, 0.5) is 5.69 Å². The number of thiophene rings is 1. The molecule has 4 nitrogen and oxygen atoms in total. The monoisotopic (exact) mass is 344 g/mol. The molecule has 1 atom stereocenters. The minimum absolute atomic E-state index is 0.00365. The molecule has 2 heterocycles. The van der Waals surface area contributed by atoms with Gasteiger partial charge in [0, 0.05) is 23.7 Å². The first kappa shape index (κ1) is 17.0. The first-order valence-corrected chi connectivity index (χ1v) is 9.43. The number of para-hydroxylation sites is 1. The van der Waals surface area contributed by atoms with E-state index in [2.05, 4.69) is 28.6 Å². The van der Waals surface area contributed by atoms with E-state index in [1.807, 2.05) is 30.3 Å². The largest absolute Gasteiger partial charge is 0.378 e. The van der Waals surface area contributed by atoms with Crippen LogP contribution in [0.25, 0.3) is 0 Å². The Balaban J connectivity index is 1.79. The van der Waals surface area contributed by atoms with Crippen LogP contribution in [0.5, 0.6) is 0 Å². The van der Waals surface area contributed by atoms with Crippen LogP contribution >= 0.6 is 11.3 Å². The first-order valence-electron chi connectivity index (χ1n) is 8.55. The molecule has 1 fully saturated rings. The number of hydrogen-bond acceptors (Lipinski definition) is 4. The smallest absolute Gasteiger partial charge is 0.253 e. The number of nitrogens with one attached hydrogen (secondary N) is 1. The van der Waals surface area contributed by atoms with Gasteiger partial charge in [0.15, 0.2) is 0 Å². The van der Waals surface area contributed by atoms with Gasteiger partial charge in [0.05, 0.1) is 24.8 Å². The topological polar surface area (TPSA) is 41.6 Å². The van der Waals surface area contributed by atoms with Crippen molar-refractivity contribution in [2.24, 2.45) is 0 Å². The molecule has 1 unspecified atom stereocenters. The maximum absolute atomic E-state index is 12.9. The number of ether oxygens (including phenoxy) is 1. The number of nitrogens with zero attached hydrogens (tertiary/aromatic N) is 1. The zero-order valence-corrected chi connectivity index (χ0v) is 14.8. The second-order valence-corrected chi connectivity index (χ2v) is 6.93. The van der Waals surface area contributed by atoms with E-state index >= 15 is 0 Å². The van der Waals surface area contributed by atoms with Gasteiger partial charge in [0.2, 0.25) is 0 Å². The van der Waals surface area contributed by atoms with Gasteiger partial charge in [0.1, 0.15) is 0 Å². The average Bonchev–Trinajstić information content (AvgIpc) is 3.16. The molecule has 1 aromatic carbocycles. The van der Waals surface area contributed by atoms with Gasteiger partial charge in [-0.1, -0.05) is 31.5 Å². The molecule has 0 aliphatic carbocycles. The minimum atomic E-state index is 0.00365. The van der Waals surface area contributed by atoms with E-state index in [-0.39, 0.29) is 11.9 Å². The molecule has 0 spiro atoms. The molecular weight excluding hydrogens is 320 g/mol. The fourth-order valence-electron chi connectivity index (χ4n) is 3.05. The number of rotatable bonds is 6. The number of amides is 1. The zero-order chi connectivity index (χ0) is 16.8. The Morgan fingerprint density at radius 2 is 2.04 bits per heavy atom. The standard InChI is InChI=1S/C19H24N2O2S/c1-2-6-16(18-9-5-14-24-18)20-19(22)15-7-3-4-8-17(15)21-10-12-23-13-11-21/h3-5,7-9,14,16H,2,6,10-13H2,1H3,(H,20,22). The molecule has 1 aliphatic heterocycles. The zero-order valence-electron chi connectivity index (χ0n) is 14.0. The lowest BCUT2D eigenvalue weighted by molar-refractivity contribution is 0.0934. The quantitative estimate of drug-likeness (QED) is 0.865. The fraction of sp³-hybridized carbons (Fsp3) is 0.421. The summed E-state index contributed by atoms with van der Waals surface area (Å²) in [6.07, 6.45) is 1.99. The van der Waals surface area contributed by atoms with Crippen molar-refractivity contribution in [3.05, 3.63) is 52.2 Å². The number of anilines is 1. The highest BCUT2D eigenvalue weighted by molar-refractivity contribution is 7.10. The number of carbonyl (C=O) groups is 1. The third-order valence-electron chi connectivity index (χ3n) is 4.27. The predicted molar refractivity (Wildman–Crippen MR) is 98.9 cm³/mol. The molecule has 24 heavy (non-hydrogen) atoms. The third-order valence-corrected chi connectivity index (χ3v) is 5.26. The van der Waals surface area contributed by atoms with Gasteiger partial charge < -0.3 is 15.0 Å². The van der Waals surface area contributed by atoms with Crippen molar-refractivity contribution in [1.82, 2.24) is 5.32 Å². The van der Waals surface area contributed by atoms with Gasteiger partial charge in [-0.2, -0.15) is 0 Å². The van der Waals surface area contributed by atoms with Crippen molar-refractivity contribution >= 4 is 22.9 Å². The lowest BCUT2D eigenvalue weighted by Gasteiger charge is -2.30. The molecule has 1 saturated heterocycles. The van der Waals surface area contributed by atoms with Crippen LogP contribution < -0.4 is 10.2 Å². The average molecular weight is 344 g/mol. The summed E-state index contributed by atoms with van der Waals surface area (Å²) in [5, 5.41) is 5.29. The van der Waals surface area contributed by atoms with Crippen molar-refractivity contribution in [3.63, 3.8) is 0 Å². The maximum Gasteiger partial charge on any atom is 0.253 e. The number of morpholine rings is 1. The van der Waals surface area contributed by atoms with Gasteiger partial charge in [-0.05, 0) is 30.0 Å². The summed E-state index contributed by atoms with van der Waals surface area (Å²) < 4.78 is 5.43. The Labute approximate surface area is 147 Å². The van der Waals surface area contributed by atoms with Gasteiger partial charge >= 0.3 is 0 Å². The summed E-state index contributed by atoms with van der Waals surface area (Å²) in [6.45, 7) is 5.23. The summed E-state index contributed by atoms with van der Waals surface area (Å²) in [5.41, 5.74) is 1.75. The number of carbonyl (C=O) groups excluding carboxylic acids is 1. The highest BCUT2D eigenvalue weighted by Gasteiger charge is 2.21. The Morgan fingerprint density at radius 3 is 2.75 bits per heavy atom. The van der Waals surface area contributed by atoms with Crippen molar-refractivity contribution in [2.45, 2.75) is 25.8 Å². The number of hydrogen-bond donors (Lipinski definition) is 1. The van der Waals surface area contributed by atoms with Gasteiger partial charge in [-0.3, -0.25) is 4.79 Å². The van der Waals surface area contributed by atoms with Crippen LogP contribution in [-0.2, 0) is 4.74 Å². The third kappa shape index (κ3) is 3.97. The minimum Gasteiger partial charge on any atom is -0.378 e. The normalized spacial score (nSPS) is 16.0. The molecule has 1 amide bonds. The Morgan fingerprint density at radius 1 is 1.25 bits per heavy atom. The Kier molecular flexibility index (Phi) is 5.88. The van der Waals surface area contributed by atoms with Gasteiger partial charge in [0.25, 0.3) is 5.91 Å². The summed E-state index contributed by atoms with van der Waals surface area (Å²) in [5.74, 6) is 0.00365. The van der Waals surface area contributed by atoms with E-state index in [0.29, 0.717) is 13.2 Å². The van der Waals surface area contributed by atoms with Crippen LogP contribution in [-0.4, -0.2) is 32.2 Å².